The first kappa shape index (κ1) is 21.4. The molecule has 0 saturated heterocycles. The molecule has 8 aromatic rings. The second-order valence-electron chi connectivity index (χ2n) is 9.78. The van der Waals surface area contributed by atoms with E-state index in [9.17, 15) is 0 Å². The van der Waals surface area contributed by atoms with Crippen LogP contribution >= 0.6 is 11.3 Å². The van der Waals surface area contributed by atoms with Crippen LogP contribution in [0.3, 0.4) is 0 Å². The quantitative estimate of drug-likeness (QED) is 0.227. The summed E-state index contributed by atoms with van der Waals surface area (Å²) in [5.41, 5.74) is 8.63. The molecule has 0 aliphatic heterocycles. The molecule has 0 saturated carbocycles. The molecule has 0 amide bonds. The zero-order chi connectivity index (χ0) is 25.1. The standard InChI is InChI=1S/C36H23NS/c1-4-19-33-29(14-1)30-15-2-5-20-34(30)37(33)27-13-8-11-25(23-27)24-10-7-12-26(22-24)28-17-9-18-32-31-16-3-6-21-35(31)38-36(28)32/h1-23H. The summed E-state index contributed by atoms with van der Waals surface area (Å²) in [5.74, 6) is 0. The van der Waals surface area contributed by atoms with Gasteiger partial charge in [0.25, 0.3) is 0 Å². The van der Waals surface area contributed by atoms with Gasteiger partial charge in [0, 0.05) is 36.6 Å². The summed E-state index contributed by atoms with van der Waals surface area (Å²) in [4.78, 5) is 0. The number of hydrogen-bond donors (Lipinski definition) is 0. The normalized spacial score (nSPS) is 11.7. The Balaban J connectivity index is 1.28. The Labute approximate surface area is 224 Å². The Bertz CT molecular complexity index is 2090. The van der Waals surface area contributed by atoms with Crippen LogP contribution < -0.4 is 0 Å². The van der Waals surface area contributed by atoms with E-state index in [4.69, 9.17) is 0 Å². The maximum Gasteiger partial charge on any atom is 0.0541 e. The molecule has 1 nitrogen and oxygen atoms in total. The van der Waals surface area contributed by atoms with Crippen LogP contribution in [0.1, 0.15) is 0 Å². The summed E-state index contributed by atoms with van der Waals surface area (Å²) < 4.78 is 5.07. The maximum absolute atomic E-state index is 2.38. The minimum atomic E-state index is 1.18. The van der Waals surface area contributed by atoms with Gasteiger partial charge in [-0.3, -0.25) is 0 Å². The third-order valence-electron chi connectivity index (χ3n) is 7.60. The highest BCUT2D eigenvalue weighted by Crippen LogP contribution is 2.40. The van der Waals surface area contributed by atoms with Gasteiger partial charge in [-0.05, 0) is 58.7 Å². The van der Waals surface area contributed by atoms with Crippen LogP contribution in [-0.2, 0) is 0 Å². The van der Waals surface area contributed by atoms with Crippen LogP contribution in [0.25, 0.3) is 69.9 Å². The second kappa shape index (κ2) is 8.44. The topological polar surface area (TPSA) is 4.93 Å². The molecule has 38 heavy (non-hydrogen) atoms. The molecule has 2 aromatic heterocycles. The summed E-state index contributed by atoms with van der Waals surface area (Å²) in [6, 6.07) is 50.7. The van der Waals surface area contributed by atoms with Gasteiger partial charge in [0.15, 0.2) is 0 Å². The summed E-state index contributed by atoms with van der Waals surface area (Å²) in [6.45, 7) is 0. The molecule has 8 rings (SSSR count). The zero-order valence-electron chi connectivity index (χ0n) is 20.6. The SMILES string of the molecule is c1cc(-c2cccc(-n3c4ccccc4c4ccccc43)c2)cc(-c2cccc3c2sc2ccccc23)c1. The number of nitrogens with zero attached hydrogens (tertiary/aromatic N) is 1. The lowest BCUT2D eigenvalue weighted by molar-refractivity contribution is 1.18. The number of benzene rings is 6. The average molecular weight is 502 g/mol. The van der Waals surface area contributed by atoms with E-state index in [0.29, 0.717) is 0 Å². The van der Waals surface area contributed by atoms with Gasteiger partial charge in [-0.1, -0.05) is 103 Å². The van der Waals surface area contributed by atoms with Crippen LogP contribution in [0.5, 0.6) is 0 Å². The molecule has 178 valence electrons. The molecular weight excluding hydrogens is 478 g/mol. The van der Waals surface area contributed by atoms with Crippen molar-refractivity contribution in [3.63, 3.8) is 0 Å². The van der Waals surface area contributed by atoms with Gasteiger partial charge < -0.3 is 4.57 Å². The molecule has 2 heteroatoms. The monoisotopic (exact) mass is 501 g/mol. The number of hydrogen-bond acceptors (Lipinski definition) is 1. The molecule has 0 radical (unpaired) electrons. The lowest BCUT2D eigenvalue weighted by atomic mass is 9.97. The first-order valence-corrected chi connectivity index (χ1v) is 13.8. The number of rotatable bonds is 3. The molecule has 0 bridgehead atoms. The predicted octanol–water partition coefficient (Wildman–Crippen LogP) is 10.5. The molecule has 0 unspecified atom stereocenters. The third-order valence-corrected chi connectivity index (χ3v) is 8.82. The van der Waals surface area contributed by atoms with Crippen LogP contribution in [0, 0.1) is 0 Å². The first-order chi connectivity index (χ1) is 18.8. The van der Waals surface area contributed by atoms with Crippen molar-refractivity contribution in [3.8, 4) is 27.9 Å². The lowest BCUT2D eigenvalue weighted by Gasteiger charge is -2.11. The first-order valence-electron chi connectivity index (χ1n) is 12.9. The number of fused-ring (bicyclic) bond motifs is 6. The minimum Gasteiger partial charge on any atom is -0.309 e. The fraction of sp³-hybridized carbons (Fsp3) is 0. The van der Waals surface area contributed by atoms with E-state index in [-0.39, 0.29) is 0 Å². The van der Waals surface area contributed by atoms with Gasteiger partial charge >= 0.3 is 0 Å². The van der Waals surface area contributed by atoms with Crippen LogP contribution in [0.2, 0.25) is 0 Å². The fourth-order valence-electron chi connectivity index (χ4n) is 5.87. The summed E-state index contributed by atoms with van der Waals surface area (Å²) in [7, 11) is 0. The van der Waals surface area contributed by atoms with Crippen LogP contribution in [0.4, 0.5) is 0 Å². The van der Waals surface area contributed by atoms with Crippen molar-refractivity contribution in [2.45, 2.75) is 0 Å². The third kappa shape index (κ3) is 3.24. The summed E-state index contributed by atoms with van der Waals surface area (Å²) >= 11 is 1.88. The van der Waals surface area contributed by atoms with Gasteiger partial charge in [-0.25, -0.2) is 0 Å². The van der Waals surface area contributed by atoms with Crippen molar-refractivity contribution < 1.29 is 0 Å². The fourth-order valence-corrected chi connectivity index (χ4v) is 7.10. The largest absolute Gasteiger partial charge is 0.309 e. The highest BCUT2D eigenvalue weighted by molar-refractivity contribution is 7.26. The van der Waals surface area contributed by atoms with E-state index in [0.717, 1.165) is 0 Å². The molecule has 0 atom stereocenters. The Morgan fingerprint density at radius 3 is 1.79 bits per heavy atom. The van der Waals surface area contributed by atoms with Crippen molar-refractivity contribution in [1.82, 2.24) is 4.57 Å². The van der Waals surface area contributed by atoms with Crippen LogP contribution in [0.15, 0.2) is 140 Å². The predicted molar refractivity (Wildman–Crippen MR) is 165 cm³/mol. The molecular formula is C36H23NS. The second-order valence-corrected chi connectivity index (χ2v) is 10.8. The number of para-hydroxylation sites is 2. The van der Waals surface area contributed by atoms with E-state index in [1.807, 2.05) is 11.3 Å². The van der Waals surface area contributed by atoms with Crippen molar-refractivity contribution >= 4 is 53.3 Å². The van der Waals surface area contributed by atoms with Gasteiger partial charge in [0.1, 0.15) is 0 Å². The Kier molecular flexibility index (Phi) is 4.76. The van der Waals surface area contributed by atoms with Crippen LogP contribution in [-0.4, -0.2) is 4.57 Å². The average Bonchev–Trinajstić information content (AvgIpc) is 3.53. The van der Waals surface area contributed by atoms with E-state index >= 15 is 0 Å². The van der Waals surface area contributed by atoms with Crippen molar-refractivity contribution in [2.75, 3.05) is 0 Å². The number of thiophene rings is 1. The smallest absolute Gasteiger partial charge is 0.0541 e. The highest BCUT2D eigenvalue weighted by atomic mass is 32.1. The molecule has 0 aliphatic rings. The molecule has 0 fully saturated rings. The van der Waals surface area contributed by atoms with E-state index in [1.54, 1.807) is 0 Å². The molecule has 6 aromatic carbocycles. The Morgan fingerprint density at radius 2 is 1.00 bits per heavy atom. The summed E-state index contributed by atoms with van der Waals surface area (Å²) in [5, 5.41) is 5.24. The molecule has 2 heterocycles. The van der Waals surface area contributed by atoms with Gasteiger partial charge in [0.2, 0.25) is 0 Å². The van der Waals surface area contributed by atoms with Gasteiger partial charge in [0.05, 0.1) is 11.0 Å². The van der Waals surface area contributed by atoms with Crippen molar-refractivity contribution in [2.24, 2.45) is 0 Å². The summed E-state index contributed by atoms with van der Waals surface area (Å²) in [6.07, 6.45) is 0. The van der Waals surface area contributed by atoms with E-state index in [2.05, 4.69) is 144 Å². The van der Waals surface area contributed by atoms with Crippen molar-refractivity contribution in [3.05, 3.63) is 140 Å². The zero-order valence-corrected chi connectivity index (χ0v) is 21.5. The van der Waals surface area contributed by atoms with Gasteiger partial charge in [-0.15, -0.1) is 11.3 Å². The minimum absolute atomic E-state index is 1.18. The number of aromatic nitrogens is 1. The highest BCUT2D eigenvalue weighted by Gasteiger charge is 2.13. The maximum atomic E-state index is 2.38. The molecule has 0 spiro atoms. The van der Waals surface area contributed by atoms with Crippen molar-refractivity contribution in [1.29, 1.82) is 0 Å². The lowest BCUT2D eigenvalue weighted by Crippen LogP contribution is -1.94. The molecule has 0 aliphatic carbocycles. The molecule has 0 N–H and O–H groups in total. The Morgan fingerprint density at radius 1 is 0.421 bits per heavy atom. The Hall–Kier alpha value is -4.66. The van der Waals surface area contributed by atoms with E-state index < -0.39 is 0 Å². The van der Waals surface area contributed by atoms with Gasteiger partial charge in [-0.2, -0.15) is 0 Å². The van der Waals surface area contributed by atoms with E-state index in [1.165, 1.54) is 69.9 Å².